The number of aromatic nitrogens is 1. The summed E-state index contributed by atoms with van der Waals surface area (Å²) < 4.78 is 4.83. The van der Waals surface area contributed by atoms with Gasteiger partial charge in [-0.05, 0) is 25.9 Å². The molecule has 5 nitrogen and oxygen atoms in total. The van der Waals surface area contributed by atoms with Crippen LogP contribution in [-0.2, 0) is 0 Å². The maximum absolute atomic E-state index is 10.8. The quantitative estimate of drug-likeness (QED) is 0.708. The first-order valence-corrected chi connectivity index (χ1v) is 4.74. The van der Waals surface area contributed by atoms with Crippen molar-refractivity contribution in [2.24, 2.45) is 5.73 Å². The lowest BCUT2D eigenvalue weighted by atomic mass is 9.94. The molecule has 1 aromatic heterocycles. The van der Waals surface area contributed by atoms with E-state index in [1.807, 2.05) is 0 Å². The molecular formula is C9H13N3O2. The van der Waals surface area contributed by atoms with Gasteiger partial charge in [0.25, 0.3) is 5.91 Å². The lowest BCUT2D eigenvalue weighted by molar-refractivity contribution is 0.0965. The average Bonchev–Trinajstić information content (AvgIpc) is 2.68. The normalized spacial score (nSPS) is 18.3. The second-order valence-electron chi connectivity index (χ2n) is 3.50. The van der Waals surface area contributed by atoms with Crippen molar-refractivity contribution in [1.82, 2.24) is 10.5 Å². The summed E-state index contributed by atoms with van der Waals surface area (Å²) in [5.74, 6) is -0.00989. The van der Waals surface area contributed by atoms with E-state index >= 15 is 0 Å². The highest BCUT2D eigenvalue weighted by atomic mass is 16.5. The van der Waals surface area contributed by atoms with Crippen LogP contribution >= 0.6 is 0 Å². The molecule has 2 heterocycles. The zero-order chi connectivity index (χ0) is 9.97. The Hall–Kier alpha value is -1.36. The van der Waals surface area contributed by atoms with Gasteiger partial charge in [0.1, 0.15) is 0 Å². The molecule has 3 N–H and O–H groups in total. The third-order valence-corrected chi connectivity index (χ3v) is 2.53. The summed E-state index contributed by atoms with van der Waals surface area (Å²) in [5, 5.41) is 7.12. The van der Waals surface area contributed by atoms with Gasteiger partial charge in [-0.15, -0.1) is 0 Å². The minimum absolute atomic E-state index is 0.151. The van der Waals surface area contributed by atoms with Gasteiger partial charge in [0.05, 0.1) is 5.69 Å². The van der Waals surface area contributed by atoms with Crippen molar-refractivity contribution < 1.29 is 9.32 Å². The first kappa shape index (κ1) is 9.21. The molecule has 76 valence electrons. The predicted octanol–water partition coefficient (Wildman–Crippen LogP) is 0.240. The number of nitrogens with zero attached hydrogens (tertiary/aromatic N) is 1. The molecule has 0 spiro atoms. The van der Waals surface area contributed by atoms with E-state index in [0.29, 0.717) is 5.92 Å². The fraction of sp³-hybridized carbons (Fsp3) is 0.556. The van der Waals surface area contributed by atoms with Crippen molar-refractivity contribution in [1.29, 1.82) is 0 Å². The van der Waals surface area contributed by atoms with Gasteiger partial charge >= 0.3 is 0 Å². The summed E-state index contributed by atoms with van der Waals surface area (Å²) in [7, 11) is 0. The number of nitrogens with one attached hydrogen (secondary N) is 1. The second kappa shape index (κ2) is 3.79. The maximum Gasteiger partial charge on any atom is 0.287 e. The number of amides is 1. The molecule has 0 bridgehead atoms. The number of primary amides is 1. The molecule has 2 rings (SSSR count). The predicted molar refractivity (Wildman–Crippen MR) is 49.9 cm³/mol. The van der Waals surface area contributed by atoms with Crippen LogP contribution in [0.15, 0.2) is 10.6 Å². The Morgan fingerprint density at radius 3 is 2.86 bits per heavy atom. The Morgan fingerprint density at radius 1 is 1.57 bits per heavy atom. The van der Waals surface area contributed by atoms with Crippen molar-refractivity contribution >= 4 is 5.91 Å². The van der Waals surface area contributed by atoms with E-state index in [1.54, 1.807) is 6.07 Å². The third-order valence-electron chi connectivity index (χ3n) is 2.53. The smallest absolute Gasteiger partial charge is 0.287 e. The van der Waals surface area contributed by atoms with Crippen LogP contribution in [0.4, 0.5) is 0 Å². The van der Waals surface area contributed by atoms with Crippen LogP contribution in [0.2, 0.25) is 0 Å². The summed E-state index contributed by atoms with van der Waals surface area (Å²) >= 11 is 0. The molecular weight excluding hydrogens is 182 g/mol. The van der Waals surface area contributed by atoms with Crippen LogP contribution in [-0.4, -0.2) is 24.2 Å². The van der Waals surface area contributed by atoms with E-state index in [2.05, 4.69) is 10.5 Å². The maximum atomic E-state index is 10.8. The Bertz CT molecular complexity index is 329. The number of piperidine rings is 1. The topological polar surface area (TPSA) is 81.2 Å². The summed E-state index contributed by atoms with van der Waals surface area (Å²) in [5.41, 5.74) is 5.92. The molecule has 14 heavy (non-hydrogen) atoms. The molecule has 1 aliphatic rings. The Balaban J connectivity index is 2.11. The highest BCUT2D eigenvalue weighted by Crippen LogP contribution is 2.24. The molecule has 0 aliphatic carbocycles. The summed E-state index contributed by atoms with van der Waals surface area (Å²) in [6.07, 6.45) is 2.06. The van der Waals surface area contributed by atoms with Crippen LogP contribution in [0, 0.1) is 0 Å². The van der Waals surface area contributed by atoms with Gasteiger partial charge in [-0.1, -0.05) is 5.16 Å². The molecule has 5 heteroatoms. The largest absolute Gasteiger partial charge is 0.363 e. The summed E-state index contributed by atoms with van der Waals surface area (Å²) in [6, 6.07) is 1.65. The fourth-order valence-corrected chi connectivity index (χ4v) is 1.72. The summed E-state index contributed by atoms with van der Waals surface area (Å²) in [4.78, 5) is 10.8. The van der Waals surface area contributed by atoms with Crippen molar-refractivity contribution in [2.45, 2.75) is 18.8 Å². The summed E-state index contributed by atoms with van der Waals surface area (Å²) in [6.45, 7) is 1.98. The molecule has 1 saturated heterocycles. The van der Waals surface area contributed by atoms with Gasteiger partial charge in [0.15, 0.2) is 0 Å². The lowest BCUT2D eigenvalue weighted by Crippen LogP contribution is -2.26. The van der Waals surface area contributed by atoms with Gasteiger partial charge < -0.3 is 15.6 Å². The first-order chi connectivity index (χ1) is 6.77. The Labute approximate surface area is 81.6 Å². The number of carbonyl (C=O) groups excluding carboxylic acids is 1. The van der Waals surface area contributed by atoms with Crippen molar-refractivity contribution in [2.75, 3.05) is 13.1 Å². The fourth-order valence-electron chi connectivity index (χ4n) is 1.72. The second-order valence-corrected chi connectivity index (χ2v) is 3.50. The first-order valence-electron chi connectivity index (χ1n) is 4.74. The SMILES string of the molecule is NC(=O)c1cc(C2CCNCC2)no1. The Morgan fingerprint density at radius 2 is 2.29 bits per heavy atom. The zero-order valence-corrected chi connectivity index (χ0v) is 7.82. The van der Waals surface area contributed by atoms with Crippen LogP contribution in [0.3, 0.4) is 0 Å². The van der Waals surface area contributed by atoms with E-state index in [9.17, 15) is 4.79 Å². The van der Waals surface area contributed by atoms with Crippen molar-refractivity contribution in [3.8, 4) is 0 Å². The monoisotopic (exact) mass is 195 g/mol. The number of nitrogens with two attached hydrogens (primary N) is 1. The number of hydrogen-bond acceptors (Lipinski definition) is 4. The van der Waals surface area contributed by atoms with E-state index in [-0.39, 0.29) is 5.76 Å². The minimum atomic E-state index is -0.558. The van der Waals surface area contributed by atoms with Crippen LogP contribution in [0.25, 0.3) is 0 Å². The number of hydrogen-bond donors (Lipinski definition) is 2. The number of rotatable bonds is 2. The number of carbonyl (C=O) groups is 1. The third kappa shape index (κ3) is 1.77. The van der Waals surface area contributed by atoms with Gasteiger partial charge in [0.2, 0.25) is 5.76 Å². The van der Waals surface area contributed by atoms with Gasteiger partial charge in [-0.25, -0.2) is 0 Å². The molecule has 1 aromatic rings. The molecule has 1 aliphatic heterocycles. The van der Waals surface area contributed by atoms with Gasteiger partial charge in [-0.2, -0.15) is 0 Å². The van der Waals surface area contributed by atoms with E-state index in [4.69, 9.17) is 10.3 Å². The highest BCUT2D eigenvalue weighted by molar-refractivity contribution is 5.89. The average molecular weight is 195 g/mol. The molecule has 0 atom stereocenters. The van der Waals surface area contributed by atoms with Gasteiger partial charge in [-0.3, -0.25) is 4.79 Å². The van der Waals surface area contributed by atoms with E-state index in [0.717, 1.165) is 31.6 Å². The Kier molecular flexibility index (Phi) is 2.49. The highest BCUT2D eigenvalue weighted by Gasteiger charge is 2.20. The minimum Gasteiger partial charge on any atom is -0.363 e. The lowest BCUT2D eigenvalue weighted by Gasteiger charge is -2.19. The standard InChI is InChI=1S/C9H13N3O2/c10-9(13)8-5-7(12-14-8)6-1-3-11-4-2-6/h5-6,11H,1-4H2,(H2,10,13). The van der Waals surface area contributed by atoms with E-state index in [1.165, 1.54) is 0 Å². The van der Waals surface area contributed by atoms with E-state index < -0.39 is 5.91 Å². The van der Waals surface area contributed by atoms with Crippen LogP contribution < -0.4 is 11.1 Å². The van der Waals surface area contributed by atoms with Crippen LogP contribution in [0.5, 0.6) is 0 Å². The van der Waals surface area contributed by atoms with Crippen LogP contribution in [0.1, 0.15) is 35.0 Å². The molecule has 1 fully saturated rings. The molecule has 0 unspecified atom stereocenters. The van der Waals surface area contributed by atoms with Crippen molar-refractivity contribution in [3.05, 3.63) is 17.5 Å². The molecule has 0 saturated carbocycles. The molecule has 0 radical (unpaired) electrons. The molecule has 0 aromatic carbocycles. The molecule has 1 amide bonds. The van der Waals surface area contributed by atoms with Gasteiger partial charge in [0, 0.05) is 12.0 Å². The van der Waals surface area contributed by atoms with Crippen molar-refractivity contribution in [3.63, 3.8) is 0 Å². The zero-order valence-electron chi connectivity index (χ0n) is 7.82.